The first-order valence-corrected chi connectivity index (χ1v) is 6.59. The lowest BCUT2D eigenvalue weighted by Gasteiger charge is -2.23. The van der Waals surface area contributed by atoms with E-state index in [2.05, 4.69) is 71.0 Å². The van der Waals surface area contributed by atoms with Gasteiger partial charge in [0.15, 0.2) is 0 Å². The number of fused-ring (bicyclic) bond motifs is 1. The van der Waals surface area contributed by atoms with Gasteiger partial charge in [0.25, 0.3) is 0 Å². The Balaban J connectivity index is 2.61. The van der Waals surface area contributed by atoms with Gasteiger partial charge in [-0.05, 0) is 43.7 Å². The number of rotatable bonds is 2. The summed E-state index contributed by atoms with van der Waals surface area (Å²) in [4.78, 5) is 0. The summed E-state index contributed by atoms with van der Waals surface area (Å²) in [7, 11) is 0. The molecule has 0 saturated heterocycles. The third-order valence-corrected chi connectivity index (χ3v) is 2.96. The molecule has 0 N–H and O–H groups in total. The van der Waals surface area contributed by atoms with Crippen molar-refractivity contribution in [3.8, 4) is 5.75 Å². The van der Waals surface area contributed by atoms with Gasteiger partial charge < -0.3 is 4.74 Å². The van der Waals surface area contributed by atoms with Crippen LogP contribution >= 0.6 is 0 Å². The van der Waals surface area contributed by atoms with E-state index in [0.29, 0.717) is 5.92 Å². The lowest BCUT2D eigenvalue weighted by atomic mass is 9.95. The highest BCUT2D eigenvalue weighted by Crippen LogP contribution is 2.33. The maximum absolute atomic E-state index is 6.05. The largest absolute Gasteiger partial charge is 0.488 e. The molecule has 0 heterocycles. The number of hydrogen-bond acceptors (Lipinski definition) is 1. The fourth-order valence-corrected chi connectivity index (χ4v) is 2.22. The molecule has 2 aromatic rings. The molecule has 0 unspecified atom stereocenters. The summed E-state index contributed by atoms with van der Waals surface area (Å²) in [6.45, 7) is 10.7. The van der Waals surface area contributed by atoms with E-state index >= 15 is 0 Å². The monoisotopic (exact) mass is 242 g/mol. The molecular formula is C17H22O. The Kier molecular flexibility index (Phi) is 3.34. The molecule has 18 heavy (non-hydrogen) atoms. The zero-order valence-corrected chi connectivity index (χ0v) is 11.9. The summed E-state index contributed by atoms with van der Waals surface area (Å²) in [5.74, 6) is 1.50. The zero-order chi connectivity index (χ0) is 13.3. The van der Waals surface area contributed by atoms with Crippen molar-refractivity contribution in [1.29, 1.82) is 0 Å². The molecule has 1 nitrogen and oxygen atoms in total. The third-order valence-electron chi connectivity index (χ3n) is 2.96. The predicted molar refractivity (Wildman–Crippen MR) is 78.4 cm³/mol. The van der Waals surface area contributed by atoms with E-state index in [-0.39, 0.29) is 5.60 Å². The maximum atomic E-state index is 6.05. The SMILES string of the molecule is CC(C)c1ccc(OC(C)(C)C)c2ccccc12. The fraction of sp³-hybridized carbons (Fsp3) is 0.412. The molecule has 0 radical (unpaired) electrons. The Labute approximate surface area is 110 Å². The van der Waals surface area contributed by atoms with E-state index in [9.17, 15) is 0 Å². The normalized spacial score (nSPS) is 12.1. The van der Waals surface area contributed by atoms with Crippen LogP contribution in [0.1, 0.15) is 46.1 Å². The van der Waals surface area contributed by atoms with Crippen LogP contribution in [-0.4, -0.2) is 5.60 Å². The summed E-state index contributed by atoms with van der Waals surface area (Å²) in [5.41, 5.74) is 1.22. The van der Waals surface area contributed by atoms with Crippen LogP contribution in [0, 0.1) is 0 Å². The highest BCUT2D eigenvalue weighted by Gasteiger charge is 2.15. The summed E-state index contributed by atoms with van der Waals surface area (Å²) in [5, 5.41) is 2.51. The van der Waals surface area contributed by atoms with Crippen LogP contribution in [0.4, 0.5) is 0 Å². The topological polar surface area (TPSA) is 9.23 Å². The highest BCUT2D eigenvalue weighted by molar-refractivity contribution is 5.91. The smallest absolute Gasteiger partial charge is 0.127 e. The molecule has 0 aliphatic heterocycles. The number of hydrogen-bond donors (Lipinski definition) is 0. The molecule has 0 bridgehead atoms. The second-order valence-corrected chi connectivity index (χ2v) is 6.07. The van der Waals surface area contributed by atoms with Gasteiger partial charge in [-0.1, -0.05) is 44.2 Å². The molecular weight excluding hydrogens is 220 g/mol. The minimum atomic E-state index is -0.165. The fourth-order valence-electron chi connectivity index (χ4n) is 2.22. The molecule has 0 aromatic heterocycles. The Morgan fingerprint density at radius 1 is 0.889 bits per heavy atom. The second kappa shape index (κ2) is 4.64. The number of benzene rings is 2. The zero-order valence-electron chi connectivity index (χ0n) is 11.9. The van der Waals surface area contributed by atoms with Gasteiger partial charge >= 0.3 is 0 Å². The van der Waals surface area contributed by atoms with Crippen molar-refractivity contribution >= 4 is 10.8 Å². The first kappa shape index (κ1) is 12.9. The minimum Gasteiger partial charge on any atom is -0.488 e. The lowest BCUT2D eigenvalue weighted by Crippen LogP contribution is -2.23. The Hall–Kier alpha value is -1.50. The summed E-state index contributed by atoms with van der Waals surface area (Å²) in [6, 6.07) is 12.8. The van der Waals surface area contributed by atoms with Crippen LogP contribution in [0.3, 0.4) is 0 Å². The minimum absolute atomic E-state index is 0.165. The summed E-state index contributed by atoms with van der Waals surface area (Å²) >= 11 is 0. The quantitative estimate of drug-likeness (QED) is 0.708. The Morgan fingerprint density at radius 3 is 2.06 bits per heavy atom. The van der Waals surface area contributed by atoms with Crippen molar-refractivity contribution in [1.82, 2.24) is 0 Å². The van der Waals surface area contributed by atoms with Crippen LogP contribution in [-0.2, 0) is 0 Å². The standard InChI is InChI=1S/C17H22O/c1-12(2)13-10-11-16(18-17(3,4)5)15-9-7-6-8-14(13)15/h6-12H,1-5H3. The molecule has 96 valence electrons. The second-order valence-electron chi connectivity index (χ2n) is 6.07. The molecule has 0 amide bonds. The van der Waals surface area contributed by atoms with Crippen molar-refractivity contribution in [2.45, 2.75) is 46.1 Å². The molecule has 1 heteroatoms. The molecule has 0 spiro atoms. The molecule has 2 aromatic carbocycles. The van der Waals surface area contributed by atoms with Crippen LogP contribution < -0.4 is 4.74 Å². The summed E-state index contributed by atoms with van der Waals surface area (Å²) in [6.07, 6.45) is 0. The van der Waals surface area contributed by atoms with Crippen molar-refractivity contribution in [3.05, 3.63) is 42.0 Å². The Bertz CT molecular complexity index is 547. The van der Waals surface area contributed by atoms with Gasteiger partial charge in [0.1, 0.15) is 11.4 Å². The molecule has 2 rings (SSSR count). The van der Waals surface area contributed by atoms with Crippen molar-refractivity contribution in [3.63, 3.8) is 0 Å². The van der Waals surface area contributed by atoms with E-state index in [1.54, 1.807) is 0 Å². The highest BCUT2D eigenvalue weighted by atomic mass is 16.5. The third kappa shape index (κ3) is 2.66. The summed E-state index contributed by atoms with van der Waals surface area (Å²) < 4.78 is 6.05. The van der Waals surface area contributed by atoms with E-state index in [1.165, 1.54) is 16.3 Å². The van der Waals surface area contributed by atoms with Crippen molar-refractivity contribution < 1.29 is 4.74 Å². The Morgan fingerprint density at radius 2 is 1.50 bits per heavy atom. The van der Waals surface area contributed by atoms with Crippen molar-refractivity contribution in [2.24, 2.45) is 0 Å². The van der Waals surface area contributed by atoms with Crippen LogP contribution in [0.25, 0.3) is 10.8 Å². The molecule has 0 saturated carbocycles. The van der Waals surface area contributed by atoms with E-state index in [4.69, 9.17) is 4.74 Å². The van der Waals surface area contributed by atoms with Gasteiger partial charge in [-0.2, -0.15) is 0 Å². The van der Waals surface area contributed by atoms with Gasteiger partial charge in [0.05, 0.1) is 0 Å². The van der Waals surface area contributed by atoms with Gasteiger partial charge in [0.2, 0.25) is 0 Å². The van der Waals surface area contributed by atoms with E-state index in [1.807, 2.05) is 0 Å². The molecule has 0 atom stereocenters. The van der Waals surface area contributed by atoms with E-state index in [0.717, 1.165) is 5.75 Å². The number of ether oxygens (including phenoxy) is 1. The van der Waals surface area contributed by atoms with E-state index < -0.39 is 0 Å². The van der Waals surface area contributed by atoms with Crippen molar-refractivity contribution in [2.75, 3.05) is 0 Å². The molecule has 0 aliphatic carbocycles. The van der Waals surface area contributed by atoms with Crippen LogP contribution in [0.5, 0.6) is 5.75 Å². The van der Waals surface area contributed by atoms with Crippen LogP contribution in [0.15, 0.2) is 36.4 Å². The van der Waals surface area contributed by atoms with Crippen LogP contribution in [0.2, 0.25) is 0 Å². The average molecular weight is 242 g/mol. The maximum Gasteiger partial charge on any atom is 0.127 e. The average Bonchev–Trinajstić information content (AvgIpc) is 2.27. The molecule has 0 fully saturated rings. The lowest BCUT2D eigenvalue weighted by molar-refractivity contribution is 0.133. The first-order valence-electron chi connectivity index (χ1n) is 6.59. The first-order chi connectivity index (χ1) is 8.38. The van der Waals surface area contributed by atoms with Gasteiger partial charge in [-0.3, -0.25) is 0 Å². The molecule has 0 aliphatic rings. The van der Waals surface area contributed by atoms with Gasteiger partial charge in [0, 0.05) is 5.39 Å². The van der Waals surface area contributed by atoms with Gasteiger partial charge in [-0.25, -0.2) is 0 Å². The predicted octanol–water partition coefficient (Wildman–Crippen LogP) is 5.14. The van der Waals surface area contributed by atoms with Gasteiger partial charge in [-0.15, -0.1) is 0 Å².